The van der Waals surface area contributed by atoms with Crippen LogP contribution in [0.4, 0.5) is 0 Å². The van der Waals surface area contributed by atoms with Crippen molar-refractivity contribution in [2.45, 2.75) is 6.04 Å². The molecule has 0 saturated heterocycles. The molecule has 72 valence electrons. The van der Waals surface area contributed by atoms with Crippen molar-refractivity contribution in [3.05, 3.63) is 0 Å². The molecular weight excluding hydrogens is 178 g/mol. The summed E-state index contributed by atoms with van der Waals surface area (Å²) >= 11 is 1.45. The fourth-order valence-corrected chi connectivity index (χ4v) is 1.42. The molecule has 0 spiro atoms. The van der Waals surface area contributed by atoms with Gasteiger partial charge in [-0.2, -0.15) is 0 Å². The average molecular weight is 193 g/mol. The molecule has 0 aromatic carbocycles. The van der Waals surface area contributed by atoms with Crippen LogP contribution in [0, 0.1) is 0 Å². The molecule has 0 aromatic heterocycles. The Kier molecular flexibility index (Phi) is 7.23. The number of rotatable bonds is 6. The van der Waals surface area contributed by atoms with Crippen LogP contribution in [0.3, 0.4) is 0 Å². The molecule has 0 radical (unpaired) electrons. The maximum atomic E-state index is 10.6. The second-order valence-corrected chi connectivity index (χ2v) is 3.34. The summed E-state index contributed by atoms with van der Waals surface area (Å²) < 4.78 is 9.29. The Hall–Kier alpha value is -0.260. The standard InChI is InChI=1S/C7H15NO3S/c1-10-3-6(8)4-12-5-7(9)11-2/h6H,3-5,8H2,1-2H3. The van der Waals surface area contributed by atoms with Gasteiger partial charge in [0.2, 0.25) is 0 Å². The van der Waals surface area contributed by atoms with Gasteiger partial charge in [0.05, 0.1) is 19.5 Å². The van der Waals surface area contributed by atoms with Crippen molar-refractivity contribution in [2.75, 3.05) is 32.3 Å². The van der Waals surface area contributed by atoms with Crippen LogP contribution in [0.5, 0.6) is 0 Å². The zero-order chi connectivity index (χ0) is 9.40. The molecule has 0 rings (SSSR count). The number of carbonyl (C=O) groups excluding carboxylic acids is 1. The molecule has 4 nitrogen and oxygen atoms in total. The molecule has 0 fully saturated rings. The van der Waals surface area contributed by atoms with Crippen molar-refractivity contribution in [3.8, 4) is 0 Å². The summed E-state index contributed by atoms with van der Waals surface area (Å²) in [6.07, 6.45) is 0. The lowest BCUT2D eigenvalue weighted by Gasteiger charge is -2.08. The second-order valence-electron chi connectivity index (χ2n) is 2.31. The van der Waals surface area contributed by atoms with Crippen molar-refractivity contribution in [3.63, 3.8) is 0 Å². The summed E-state index contributed by atoms with van der Waals surface area (Å²) in [6, 6.07) is -0.00958. The lowest BCUT2D eigenvalue weighted by atomic mass is 10.4. The van der Waals surface area contributed by atoms with Crippen LogP contribution in [0.1, 0.15) is 0 Å². The van der Waals surface area contributed by atoms with E-state index in [-0.39, 0.29) is 12.0 Å². The highest BCUT2D eigenvalue weighted by atomic mass is 32.2. The molecule has 12 heavy (non-hydrogen) atoms. The highest BCUT2D eigenvalue weighted by Crippen LogP contribution is 2.02. The summed E-state index contributed by atoms with van der Waals surface area (Å²) in [5.74, 6) is 0.848. The summed E-state index contributed by atoms with van der Waals surface area (Å²) in [5.41, 5.74) is 5.61. The maximum Gasteiger partial charge on any atom is 0.315 e. The summed E-state index contributed by atoms with van der Waals surface area (Å²) in [4.78, 5) is 10.6. The van der Waals surface area contributed by atoms with Gasteiger partial charge in [0.15, 0.2) is 0 Å². The minimum absolute atomic E-state index is 0.00958. The zero-order valence-electron chi connectivity index (χ0n) is 7.41. The molecule has 0 bridgehead atoms. The number of esters is 1. The molecule has 1 unspecified atom stereocenters. The van der Waals surface area contributed by atoms with Gasteiger partial charge in [-0.3, -0.25) is 4.79 Å². The van der Waals surface area contributed by atoms with Crippen LogP contribution in [0.15, 0.2) is 0 Å². The molecule has 0 saturated carbocycles. The van der Waals surface area contributed by atoms with Gasteiger partial charge in [-0.1, -0.05) is 0 Å². The molecule has 0 aliphatic carbocycles. The predicted octanol–water partition coefficient (Wildman–Crippen LogP) is -0.134. The number of hydrogen-bond acceptors (Lipinski definition) is 5. The first kappa shape index (κ1) is 11.7. The quantitative estimate of drug-likeness (QED) is 0.595. The molecule has 1 atom stereocenters. The van der Waals surface area contributed by atoms with Crippen molar-refractivity contribution in [1.82, 2.24) is 0 Å². The third-order valence-electron chi connectivity index (χ3n) is 1.16. The second kappa shape index (κ2) is 7.39. The van der Waals surface area contributed by atoms with E-state index >= 15 is 0 Å². The Balaban J connectivity index is 3.24. The predicted molar refractivity (Wildman–Crippen MR) is 49.2 cm³/mol. The minimum Gasteiger partial charge on any atom is -0.468 e. The van der Waals surface area contributed by atoms with E-state index in [1.165, 1.54) is 18.9 Å². The Morgan fingerprint density at radius 3 is 2.75 bits per heavy atom. The van der Waals surface area contributed by atoms with Crippen molar-refractivity contribution >= 4 is 17.7 Å². The van der Waals surface area contributed by atoms with E-state index in [2.05, 4.69) is 4.74 Å². The third-order valence-corrected chi connectivity index (χ3v) is 2.26. The lowest BCUT2D eigenvalue weighted by Crippen LogP contribution is -2.28. The SMILES string of the molecule is COCC(N)CSCC(=O)OC. The molecule has 0 aromatic rings. The highest BCUT2D eigenvalue weighted by Gasteiger charge is 2.04. The zero-order valence-corrected chi connectivity index (χ0v) is 8.23. The monoisotopic (exact) mass is 193 g/mol. The molecule has 0 heterocycles. The number of nitrogens with two attached hydrogens (primary N) is 1. The topological polar surface area (TPSA) is 61.5 Å². The normalized spacial score (nSPS) is 12.6. The van der Waals surface area contributed by atoms with Gasteiger partial charge in [-0.05, 0) is 0 Å². The van der Waals surface area contributed by atoms with Crippen LogP contribution < -0.4 is 5.73 Å². The van der Waals surface area contributed by atoms with Gasteiger partial charge in [-0.25, -0.2) is 0 Å². The molecule has 0 amide bonds. The van der Waals surface area contributed by atoms with Crippen molar-refractivity contribution in [1.29, 1.82) is 0 Å². The van der Waals surface area contributed by atoms with E-state index < -0.39 is 0 Å². The fraction of sp³-hybridized carbons (Fsp3) is 0.857. The summed E-state index contributed by atoms with van der Waals surface area (Å²) in [5, 5.41) is 0. The lowest BCUT2D eigenvalue weighted by molar-refractivity contribution is -0.137. The van der Waals surface area contributed by atoms with E-state index in [9.17, 15) is 4.79 Å². The van der Waals surface area contributed by atoms with Crippen LogP contribution in [0.25, 0.3) is 0 Å². The van der Waals surface area contributed by atoms with Crippen molar-refractivity contribution < 1.29 is 14.3 Å². The maximum absolute atomic E-state index is 10.6. The van der Waals surface area contributed by atoms with E-state index in [0.717, 1.165) is 0 Å². The van der Waals surface area contributed by atoms with Gasteiger partial charge in [0.1, 0.15) is 0 Å². The number of thioether (sulfide) groups is 1. The van der Waals surface area contributed by atoms with Crippen LogP contribution in [-0.2, 0) is 14.3 Å². The smallest absolute Gasteiger partial charge is 0.315 e. The van der Waals surface area contributed by atoms with Crippen LogP contribution in [0.2, 0.25) is 0 Å². The van der Waals surface area contributed by atoms with E-state index in [4.69, 9.17) is 10.5 Å². The number of hydrogen-bond donors (Lipinski definition) is 1. The van der Waals surface area contributed by atoms with Gasteiger partial charge in [-0.15, -0.1) is 11.8 Å². The highest BCUT2D eigenvalue weighted by molar-refractivity contribution is 7.99. The minimum atomic E-state index is -0.218. The van der Waals surface area contributed by atoms with Crippen molar-refractivity contribution in [2.24, 2.45) is 5.73 Å². The molecule has 0 aliphatic heterocycles. The van der Waals surface area contributed by atoms with E-state index in [1.807, 2.05) is 0 Å². The molecule has 0 aliphatic rings. The number of methoxy groups -OCH3 is 2. The fourth-order valence-electron chi connectivity index (χ4n) is 0.615. The third kappa shape index (κ3) is 6.45. The number of carbonyl (C=O) groups is 1. The van der Waals surface area contributed by atoms with Crippen LogP contribution >= 0.6 is 11.8 Å². The number of ether oxygens (including phenoxy) is 2. The summed E-state index contributed by atoms with van der Waals surface area (Å²) in [7, 11) is 2.98. The Bertz CT molecular complexity index is 132. The van der Waals surface area contributed by atoms with E-state index in [1.54, 1.807) is 7.11 Å². The average Bonchev–Trinajstić information content (AvgIpc) is 2.04. The Labute approximate surface area is 76.8 Å². The Morgan fingerprint density at radius 2 is 2.25 bits per heavy atom. The summed E-state index contributed by atoms with van der Waals surface area (Å²) in [6.45, 7) is 0.522. The molecule has 2 N–H and O–H groups in total. The molecular formula is C7H15NO3S. The van der Waals surface area contributed by atoms with Gasteiger partial charge in [0.25, 0.3) is 0 Å². The Morgan fingerprint density at radius 1 is 1.58 bits per heavy atom. The first-order valence-electron chi connectivity index (χ1n) is 3.59. The van der Waals surface area contributed by atoms with Gasteiger partial charge >= 0.3 is 5.97 Å². The van der Waals surface area contributed by atoms with Gasteiger partial charge < -0.3 is 15.2 Å². The van der Waals surface area contributed by atoms with Gasteiger partial charge in [0, 0.05) is 18.9 Å². The largest absolute Gasteiger partial charge is 0.468 e. The first-order chi connectivity index (χ1) is 5.70. The van der Waals surface area contributed by atoms with E-state index in [0.29, 0.717) is 18.1 Å². The van der Waals surface area contributed by atoms with Crippen LogP contribution in [-0.4, -0.2) is 44.3 Å². The first-order valence-corrected chi connectivity index (χ1v) is 4.75. The molecule has 5 heteroatoms.